The van der Waals surface area contributed by atoms with E-state index in [1.807, 2.05) is 0 Å². The van der Waals surface area contributed by atoms with Crippen molar-refractivity contribution in [2.75, 3.05) is 5.32 Å². The molecule has 7 nitrogen and oxygen atoms in total. The van der Waals surface area contributed by atoms with Crippen LogP contribution in [-0.4, -0.2) is 60.4 Å². The van der Waals surface area contributed by atoms with Gasteiger partial charge in [-0.3, -0.25) is 9.36 Å². The first-order chi connectivity index (χ1) is 20.1. The van der Waals surface area contributed by atoms with Crippen LogP contribution in [0.5, 0.6) is 0 Å². The molecule has 0 aliphatic heterocycles. The van der Waals surface area contributed by atoms with Gasteiger partial charge in [-0.2, -0.15) is 54.0 Å². The van der Waals surface area contributed by atoms with E-state index < -0.39 is 58.7 Å². The zero-order valence-electron chi connectivity index (χ0n) is 22.0. The van der Waals surface area contributed by atoms with E-state index >= 15 is 8.78 Å². The molecule has 238 valence electrons. The number of anilines is 2. The first-order valence-corrected chi connectivity index (χ1v) is 12.0. The van der Waals surface area contributed by atoms with Gasteiger partial charge in [0.1, 0.15) is 11.2 Å². The number of fused-ring (bicyclic) bond motifs is 1. The lowest BCUT2D eigenvalue weighted by Crippen LogP contribution is -2.72. The Labute approximate surface area is 238 Å². The van der Waals surface area contributed by atoms with Gasteiger partial charge in [0.25, 0.3) is 5.56 Å². The summed E-state index contributed by atoms with van der Waals surface area (Å²) in [6, 6.07) is 9.23. The molecule has 4 aromatic rings. The summed E-state index contributed by atoms with van der Waals surface area (Å²) in [6.45, 7) is 0.0922. The Balaban J connectivity index is 1.79. The number of nitrogens with one attached hydrogen (secondary N) is 1. The molecule has 1 N–H and O–H groups in total. The average Bonchev–Trinajstić information content (AvgIpc) is 3.47. The fourth-order valence-electron chi connectivity index (χ4n) is 4.13. The molecule has 0 aliphatic carbocycles. The quantitative estimate of drug-likeness (QED) is 0.190. The number of hydrogen-bond donors (Lipinski definition) is 1. The summed E-state index contributed by atoms with van der Waals surface area (Å²) in [6.07, 6.45) is -1.57. The van der Waals surface area contributed by atoms with Crippen molar-refractivity contribution in [3.63, 3.8) is 0 Å². The molecule has 0 radical (unpaired) electrons. The molecular weight excluding hydrogens is 628 g/mol. The molecule has 0 amide bonds. The molecule has 0 fully saturated rings. The lowest BCUT2D eigenvalue weighted by Gasteiger charge is -2.44. The van der Waals surface area contributed by atoms with Crippen LogP contribution in [0.2, 0.25) is 0 Å². The molecule has 0 saturated carbocycles. The lowest BCUT2D eigenvalue weighted by atomic mass is 9.84. The highest BCUT2D eigenvalue weighted by molar-refractivity contribution is 5.76. The van der Waals surface area contributed by atoms with Crippen molar-refractivity contribution in [3.05, 3.63) is 71.4 Å². The van der Waals surface area contributed by atoms with E-state index in [2.05, 4.69) is 20.4 Å². The molecule has 44 heavy (non-hydrogen) atoms. The van der Waals surface area contributed by atoms with Gasteiger partial charge in [0.05, 0.1) is 5.69 Å². The Morgan fingerprint density at radius 3 is 1.93 bits per heavy atom. The molecule has 4 rings (SSSR count). The van der Waals surface area contributed by atoms with E-state index in [1.165, 1.54) is 23.0 Å². The first-order valence-electron chi connectivity index (χ1n) is 12.0. The minimum Gasteiger partial charge on any atom is -0.324 e. The summed E-state index contributed by atoms with van der Waals surface area (Å²) in [5.41, 5.74) is -5.55. The van der Waals surface area contributed by atoms with Gasteiger partial charge in [-0.25, -0.2) is 18.4 Å². The van der Waals surface area contributed by atoms with Crippen molar-refractivity contribution < 1.29 is 52.7 Å². The number of halogens is 12. The predicted molar refractivity (Wildman–Crippen MR) is 131 cm³/mol. The van der Waals surface area contributed by atoms with Crippen molar-refractivity contribution in [1.29, 1.82) is 0 Å². The maximum atomic E-state index is 15.4. The van der Waals surface area contributed by atoms with Crippen molar-refractivity contribution in [2.24, 2.45) is 0 Å². The molecular formula is C25H18F12N6O. The second-order valence-electron chi connectivity index (χ2n) is 9.88. The molecule has 0 spiro atoms. The minimum atomic E-state index is -7.76. The van der Waals surface area contributed by atoms with Crippen LogP contribution in [-0.2, 0) is 5.54 Å². The highest BCUT2D eigenvalue weighted by Crippen LogP contribution is 2.61. The zero-order chi connectivity index (χ0) is 33.1. The Morgan fingerprint density at radius 1 is 0.795 bits per heavy atom. The average molecular weight is 646 g/mol. The Bertz CT molecular complexity index is 1700. The fourth-order valence-corrected chi connectivity index (χ4v) is 4.13. The molecule has 3 aromatic heterocycles. The van der Waals surface area contributed by atoms with Crippen LogP contribution in [0.3, 0.4) is 0 Å². The van der Waals surface area contributed by atoms with Gasteiger partial charge >= 0.3 is 36.0 Å². The molecule has 0 saturated heterocycles. The van der Waals surface area contributed by atoms with Gasteiger partial charge in [0.15, 0.2) is 0 Å². The summed E-state index contributed by atoms with van der Waals surface area (Å²) >= 11 is 0. The van der Waals surface area contributed by atoms with E-state index in [9.17, 15) is 48.7 Å². The topological polar surface area (TPSA) is 77.6 Å². The smallest absolute Gasteiger partial charge is 0.324 e. The first kappa shape index (κ1) is 32.6. The van der Waals surface area contributed by atoms with Gasteiger partial charge in [0, 0.05) is 35.7 Å². The largest absolute Gasteiger partial charge is 0.384 e. The van der Waals surface area contributed by atoms with Crippen LogP contribution < -0.4 is 10.9 Å². The number of pyridine rings is 1. The van der Waals surface area contributed by atoms with E-state index in [0.29, 0.717) is 11.8 Å². The number of alkyl halides is 12. The monoisotopic (exact) mass is 646 g/mol. The lowest BCUT2D eigenvalue weighted by molar-refractivity contribution is -0.421. The number of nitrogens with zero attached hydrogens (tertiary/aromatic N) is 5. The van der Waals surface area contributed by atoms with Gasteiger partial charge in [-0.1, -0.05) is 0 Å². The number of aromatic nitrogens is 5. The van der Waals surface area contributed by atoms with Crippen LogP contribution in [0.15, 0.2) is 65.8 Å². The SMILES string of the molecule is CC(C)(n1c(=O)ccc2cnc(Nc3ccc(-n4cccn4)cc3)nc21)C(F)(F)C(F)(F)C(F)(F)C(F)(F)C(F)(F)C(F)F. The number of benzene rings is 1. The van der Waals surface area contributed by atoms with Gasteiger partial charge in [-0.15, -0.1) is 0 Å². The maximum Gasteiger partial charge on any atom is 0.384 e. The van der Waals surface area contributed by atoms with Crippen molar-refractivity contribution in [1.82, 2.24) is 24.3 Å². The summed E-state index contributed by atoms with van der Waals surface area (Å²) in [4.78, 5) is 20.4. The predicted octanol–water partition coefficient (Wildman–Crippen LogP) is 6.90. The van der Waals surface area contributed by atoms with Gasteiger partial charge < -0.3 is 5.32 Å². The van der Waals surface area contributed by atoms with E-state index in [4.69, 9.17) is 0 Å². The highest BCUT2D eigenvalue weighted by Gasteiger charge is 2.89. The normalized spacial score (nSPS) is 14.0. The minimum absolute atomic E-state index is 0.0461. The van der Waals surface area contributed by atoms with Crippen molar-refractivity contribution >= 4 is 22.7 Å². The number of hydrogen-bond acceptors (Lipinski definition) is 5. The third kappa shape index (κ3) is 4.72. The second-order valence-corrected chi connectivity index (χ2v) is 9.88. The summed E-state index contributed by atoms with van der Waals surface area (Å²) in [7, 11) is 0. The summed E-state index contributed by atoms with van der Waals surface area (Å²) in [5.74, 6) is -37.0. The Kier molecular flexibility index (Phi) is 7.70. The van der Waals surface area contributed by atoms with Crippen LogP contribution in [0.4, 0.5) is 64.3 Å². The molecule has 0 aliphatic rings. The van der Waals surface area contributed by atoms with E-state index in [-0.39, 0.29) is 29.5 Å². The third-order valence-corrected chi connectivity index (χ3v) is 6.73. The second kappa shape index (κ2) is 10.4. The zero-order valence-corrected chi connectivity index (χ0v) is 22.0. The molecule has 1 aromatic carbocycles. The fraction of sp³-hybridized carbons (Fsp3) is 0.360. The number of rotatable bonds is 10. The molecule has 0 bridgehead atoms. The van der Waals surface area contributed by atoms with Crippen LogP contribution in [0.1, 0.15) is 13.8 Å². The Hall–Kier alpha value is -4.32. The molecule has 0 atom stereocenters. The van der Waals surface area contributed by atoms with Crippen LogP contribution in [0.25, 0.3) is 16.7 Å². The standard InChI is InChI=1S/C25H18F12N6O/c1-20(2,22(30,31)24(34,35)25(36,37)23(32,33)21(28,29)18(26)27)43-16(44)9-4-13-12-38-19(41-17(13)43)40-14-5-7-15(8-6-14)42-11-3-10-39-42/h3-12,18H,1-2H3,(H,38,40,41). The van der Waals surface area contributed by atoms with E-state index in [0.717, 1.165) is 12.3 Å². The summed E-state index contributed by atoms with van der Waals surface area (Å²) < 4.78 is 169. The maximum absolute atomic E-state index is 15.4. The van der Waals surface area contributed by atoms with Crippen molar-refractivity contribution in [3.8, 4) is 5.69 Å². The molecule has 0 unspecified atom stereocenters. The van der Waals surface area contributed by atoms with E-state index in [1.54, 1.807) is 24.4 Å². The van der Waals surface area contributed by atoms with Crippen LogP contribution in [0, 0.1) is 0 Å². The molecule has 3 heterocycles. The third-order valence-electron chi connectivity index (χ3n) is 6.73. The van der Waals surface area contributed by atoms with Gasteiger partial charge in [0.2, 0.25) is 5.95 Å². The molecule has 19 heteroatoms. The van der Waals surface area contributed by atoms with Crippen LogP contribution >= 0.6 is 0 Å². The Morgan fingerprint density at radius 2 is 1.39 bits per heavy atom. The van der Waals surface area contributed by atoms with Crippen molar-refractivity contribution in [2.45, 2.75) is 55.4 Å². The highest BCUT2D eigenvalue weighted by atomic mass is 19.4. The summed E-state index contributed by atoms with van der Waals surface area (Å²) in [5, 5.41) is 6.35. The van der Waals surface area contributed by atoms with Gasteiger partial charge in [-0.05, 0) is 50.2 Å².